The lowest BCUT2D eigenvalue weighted by molar-refractivity contribution is 0.111. The van der Waals surface area contributed by atoms with Gasteiger partial charge in [-0.25, -0.2) is 8.78 Å². The Bertz CT molecular complexity index is 674. The van der Waals surface area contributed by atoms with Gasteiger partial charge in [-0.15, -0.1) is 0 Å². The van der Waals surface area contributed by atoms with Gasteiger partial charge in [0, 0.05) is 0 Å². The lowest BCUT2D eigenvalue weighted by Crippen LogP contribution is -2.05. The van der Waals surface area contributed by atoms with E-state index in [4.69, 9.17) is 9.47 Å². The standard InChI is InChI=1S/C15H11BrF2O3/c1-20-13-4-2-3-9(7-19)15(13)21-8-10-12(17)6-5-11(16)14(10)18/h2-7H,8H2,1H3. The van der Waals surface area contributed by atoms with Crippen LogP contribution in [0.5, 0.6) is 11.5 Å². The molecule has 3 nitrogen and oxygen atoms in total. The molecule has 0 aliphatic heterocycles. The third-order valence-electron chi connectivity index (χ3n) is 2.86. The Kier molecular flexibility index (Phi) is 4.90. The number of carbonyl (C=O) groups excluding carboxylic acids is 1. The predicted molar refractivity (Wildman–Crippen MR) is 76.8 cm³/mol. The summed E-state index contributed by atoms with van der Waals surface area (Å²) in [5.41, 5.74) is 0.0114. The van der Waals surface area contributed by atoms with Crippen LogP contribution in [0.1, 0.15) is 15.9 Å². The highest BCUT2D eigenvalue weighted by Gasteiger charge is 2.16. The molecule has 2 aromatic carbocycles. The first-order chi connectivity index (χ1) is 10.1. The molecule has 0 radical (unpaired) electrons. The van der Waals surface area contributed by atoms with Gasteiger partial charge in [0.25, 0.3) is 0 Å². The molecule has 0 heterocycles. The van der Waals surface area contributed by atoms with Crippen LogP contribution in [0.15, 0.2) is 34.8 Å². The van der Waals surface area contributed by atoms with E-state index in [9.17, 15) is 13.6 Å². The van der Waals surface area contributed by atoms with Crippen molar-refractivity contribution in [3.8, 4) is 11.5 Å². The van der Waals surface area contributed by atoms with Crippen LogP contribution in [0.25, 0.3) is 0 Å². The zero-order valence-electron chi connectivity index (χ0n) is 11.0. The van der Waals surface area contributed by atoms with Crippen LogP contribution >= 0.6 is 15.9 Å². The van der Waals surface area contributed by atoms with Gasteiger partial charge in [0.05, 0.1) is 22.7 Å². The molecule has 110 valence electrons. The molecule has 0 bridgehead atoms. The minimum absolute atomic E-state index is 0.137. The summed E-state index contributed by atoms with van der Waals surface area (Å²) < 4.78 is 38.1. The summed E-state index contributed by atoms with van der Waals surface area (Å²) in [6.45, 7) is -0.363. The molecule has 2 rings (SSSR count). The van der Waals surface area contributed by atoms with Gasteiger partial charge in [0.2, 0.25) is 0 Å². The molecule has 0 aliphatic carbocycles. The molecule has 21 heavy (non-hydrogen) atoms. The topological polar surface area (TPSA) is 35.5 Å². The molecule has 0 fully saturated rings. The highest BCUT2D eigenvalue weighted by Crippen LogP contribution is 2.31. The van der Waals surface area contributed by atoms with Crippen molar-refractivity contribution in [2.24, 2.45) is 0 Å². The molecular formula is C15H11BrF2O3. The minimum atomic E-state index is -0.738. The van der Waals surface area contributed by atoms with E-state index >= 15 is 0 Å². The van der Waals surface area contributed by atoms with Gasteiger partial charge in [-0.3, -0.25) is 4.79 Å². The van der Waals surface area contributed by atoms with Crippen molar-refractivity contribution >= 4 is 22.2 Å². The zero-order chi connectivity index (χ0) is 15.4. The Morgan fingerprint density at radius 3 is 2.67 bits per heavy atom. The van der Waals surface area contributed by atoms with Crippen LogP contribution in [0.4, 0.5) is 8.78 Å². The number of carbonyl (C=O) groups is 1. The summed E-state index contributed by atoms with van der Waals surface area (Å²) in [5, 5.41) is 0. The first-order valence-electron chi connectivity index (χ1n) is 5.95. The van der Waals surface area contributed by atoms with E-state index in [0.717, 1.165) is 6.07 Å². The molecule has 0 atom stereocenters. The number of para-hydroxylation sites is 1. The molecule has 0 spiro atoms. The van der Waals surface area contributed by atoms with Gasteiger partial charge in [-0.1, -0.05) is 6.07 Å². The van der Waals surface area contributed by atoms with Crippen molar-refractivity contribution < 1.29 is 23.0 Å². The van der Waals surface area contributed by atoms with Gasteiger partial charge in [-0.2, -0.15) is 0 Å². The summed E-state index contributed by atoms with van der Waals surface area (Å²) in [6, 6.07) is 7.15. The van der Waals surface area contributed by atoms with E-state index in [2.05, 4.69) is 15.9 Å². The second-order valence-electron chi connectivity index (χ2n) is 4.11. The third-order valence-corrected chi connectivity index (χ3v) is 3.47. The van der Waals surface area contributed by atoms with Crippen molar-refractivity contribution in [2.75, 3.05) is 7.11 Å². The number of benzene rings is 2. The Morgan fingerprint density at radius 2 is 2.00 bits per heavy atom. The van der Waals surface area contributed by atoms with Gasteiger partial charge in [0.1, 0.15) is 18.2 Å². The average molecular weight is 357 g/mol. The van der Waals surface area contributed by atoms with Gasteiger partial charge in [-0.05, 0) is 40.2 Å². The fourth-order valence-corrected chi connectivity index (χ4v) is 2.16. The number of hydrogen-bond acceptors (Lipinski definition) is 3. The SMILES string of the molecule is COc1cccc(C=O)c1OCc1c(F)ccc(Br)c1F. The molecule has 0 aliphatic rings. The normalized spacial score (nSPS) is 10.3. The molecular weight excluding hydrogens is 346 g/mol. The van der Waals surface area contributed by atoms with E-state index in [0.29, 0.717) is 12.0 Å². The number of rotatable bonds is 5. The van der Waals surface area contributed by atoms with Crippen molar-refractivity contribution in [1.29, 1.82) is 0 Å². The lowest BCUT2D eigenvalue weighted by Gasteiger charge is -2.13. The van der Waals surface area contributed by atoms with Crippen LogP contribution in [-0.4, -0.2) is 13.4 Å². The van der Waals surface area contributed by atoms with Gasteiger partial charge < -0.3 is 9.47 Å². The van der Waals surface area contributed by atoms with Gasteiger partial charge >= 0.3 is 0 Å². The van der Waals surface area contributed by atoms with Gasteiger partial charge in [0.15, 0.2) is 17.8 Å². The third kappa shape index (κ3) is 3.21. The van der Waals surface area contributed by atoms with Crippen LogP contribution in [0.2, 0.25) is 0 Å². The summed E-state index contributed by atoms with van der Waals surface area (Å²) in [4.78, 5) is 11.0. The number of ether oxygens (including phenoxy) is 2. The summed E-state index contributed by atoms with van der Waals surface area (Å²) in [7, 11) is 1.41. The number of hydrogen-bond donors (Lipinski definition) is 0. The number of aldehydes is 1. The van der Waals surface area contributed by atoms with E-state index < -0.39 is 11.6 Å². The maximum Gasteiger partial charge on any atom is 0.172 e. The quantitative estimate of drug-likeness (QED) is 0.596. The maximum atomic E-state index is 13.9. The van der Waals surface area contributed by atoms with E-state index in [1.165, 1.54) is 19.2 Å². The Morgan fingerprint density at radius 1 is 1.24 bits per heavy atom. The second-order valence-corrected chi connectivity index (χ2v) is 4.96. The van der Waals surface area contributed by atoms with E-state index in [-0.39, 0.29) is 28.0 Å². The summed E-state index contributed by atoms with van der Waals surface area (Å²) in [5.74, 6) is -1.00. The molecule has 0 N–H and O–H groups in total. The van der Waals surface area contributed by atoms with E-state index in [1.807, 2.05) is 0 Å². The second kappa shape index (κ2) is 6.67. The average Bonchev–Trinajstić information content (AvgIpc) is 2.50. The van der Waals surface area contributed by atoms with E-state index in [1.54, 1.807) is 12.1 Å². The van der Waals surface area contributed by atoms with Crippen LogP contribution < -0.4 is 9.47 Å². The Hall–Kier alpha value is -1.95. The number of halogens is 3. The monoisotopic (exact) mass is 356 g/mol. The molecule has 6 heteroatoms. The Balaban J connectivity index is 2.33. The largest absolute Gasteiger partial charge is 0.493 e. The highest BCUT2D eigenvalue weighted by atomic mass is 79.9. The zero-order valence-corrected chi connectivity index (χ0v) is 12.6. The maximum absolute atomic E-state index is 13.9. The van der Waals surface area contributed by atoms with Crippen LogP contribution in [0, 0.1) is 11.6 Å². The summed E-state index contributed by atoms with van der Waals surface area (Å²) in [6.07, 6.45) is 0.589. The first-order valence-corrected chi connectivity index (χ1v) is 6.75. The van der Waals surface area contributed by atoms with Crippen molar-refractivity contribution in [2.45, 2.75) is 6.61 Å². The predicted octanol–water partition coefficient (Wildman–Crippen LogP) is 4.13. The van der Waals surface area contributed by atoms with Crippen molar-refractivity contribution in [3.63, 3.8) is 0 Å². The first kappa shape index (κ1) is 15.4. The summed E-state index contributed by atoms with van der Waals surface area (Å²) >= 11 is 2.98. The van der Waals surface area contributed by atoms with Crippen LogP contribution in [0.3, 0.4) is 0 Å². The highest BCUT2D eigenvalue weighted by molar-refractivity contribution is 9.10. The molecule has 0 unspecified atom stereocenters. The molecule has 0 aromatic heterocycles. The fraction of sp³-hybridized carbons (Fsp3) is 0.133. The lowest BCUT2D eigenvalue weighted by atomic mass is 10.2. The molecule has 0 saturated carbocycles. The number of methoxy groups -OCH3 is 1. The van der Waals surface area contributed by atoms with Crippen molar-refractivity contribution in [3.05, 3.63) is 57.6 Å². The fourth-order valence-electron chi connectivity index (χ4n) is 1.79. The molecule has 0 amide bonds. The molecule has 0 saturated heterocycles. The smallest absolute Gasteiger partial charge is 0.172 e. The Labute approximate surface area is 128 Å². The van der Waals surface area contributed by atoms with Crippen LogP contribution in [-0.2, 0) is 6.61 Å². The molecule has 2 aromatic rings. The van der Waals surface area contributed by atoms with Crippen molar-refractivity contribution in [1.82, 2.24) is 0 Å². The minimum Gasteiger partial charge on any atom is -0.493 e.